The van der Waals surface area contributed by atoms with Crippen LogP contribution in [0, 0.1) is 5.82 Å². The second-order valence-corrected chi connectivity index (χ2v) is 3.31. The van der Waals surface area contributed by atoms with Crippen LogP contribution < -0.4 is 4.74 Å². The summed E-state index contributed by atoms with van der Waals surface area (Å²) in [6.07, 6.45) is 3.68. The lowest BCUT2D eigenvalue weighted by atomic mass is 10.3. The molecule has 1 aromatic carbocycles. The van der Waals surface area contributed by atoms with Crippen LogP contribution in [0.15, 0.2) is 30.4 Å². The van der Waals surface area contributed by atoms with Crippen LogP contribution in [0.5, 0.6) is 5.75 Å². The van der Waals surface area contributed by atoms with Crippen molar-refractivity contribution in [2.24, 2.45) is 0 Å². The molecule has 0 spiro atoms. The molecule has 14 heavy (non-hydrogen) atoms. The van der Waals surface area contributed by atoms with Crippen molar-refractivity contribution in [2.75, 3.05) is 12.4 Å². The van der Waals surface area contributed by atoms with Gasteiger partial charge in [-0.05, 0) is 12.1 Å². The normalized spacial score (nSPS) is 10.8. The van der Waals surface area contributed by atoms with Crippen molar-refractivity contribution in [3.05, 3.63) is 41.2 Å². The monoisotopic (exact) mass is 232 g/mol. The SMILES string of the molecule is Fc1cc(OC/C=C/CS)ccc1Cl. The zero-order chi connectivity index (χ0) is 10.4. The van der Waals surface area contributed by atoms with Crippen molar-refractivity contribution < 1.29 is 9.13 Å². The summed E-state index contributed by atoms with van der Waals surface area (Å²) in [5.74, 6) is 0.663. The number of thiol groups is 1. The van der Waals surface area contributed by atoms with Crippen molar-refractivity contribution in [3.63, 3.8) is 0 Å². The minimum Gasteiger partial charge on any atom is -0.489 e. The minimum atomic E-state index is -0.470. The first kappa shape index (κ1) is 11.4. The van der Waals surface area contributed by atoms with Gasteiger partial charge in [0.25, 0.3) is 0 Å². The molecule has 4 heteroatoms. The largest absolute Gasteiger partial charge is 0.489 e. The van der Waals surface area contributed by atoms with Crippen molar-refractivity contribution in [1.29, 1.82) is 0 Å². The standard InChI is InChI=1S/C10H10ClFOS/c11-9-4-3-8(7-10(9)12)13-5-1-2-6-14/h1-4,7,14H,5-6H2/b2-1+. The van der Waals surface area contributed by atoms with Gasteiger partial charge in [0.05, 0.1) is 5.02 Å². The van der Waals surface area contributed by atoms with E-state index in [1.54, 1.807) is 6.07 Å². The highest BCUT2D eigenvalue weighted by molar-refractivity contribution is 7.80. The van der Waals surface area contributed by atoms with Gasteiger partial charge in [0.15, 0.2) is 0 Å². The maximum absolute atomic E-state index is 12.9. The predicted molar refractivity (Wildman–Crippen MR) is 59.9 cm³/mol. The molecule has 0 amide bonds. The molecule has 0 heterocycles. The molecule has 0 saturated heterocycles. The van der Waals surface area contributed by atoms with Gasteiger partial charge in [0.1, 0.15) is 18.2 Å². The van der Waals surface area contributed by atoms with E-state index < -0.39 is 5.82 Å². The Morgan fingerprint density at radius 1 is 1.43 bits per heavy atom. The minimum absolute atomic E-state index is 0.100. The van der Waals surface area contributed by atoms with E-state index in [0.717, 1.165) is 0 Å². The first-order valence-corrected chi connectivity index (χ1v) is 5.09. The summed E-state index contributed by atoms with van der Waals surface area (Å²) in [5, 5.41) is 0.100. The molecule has 1 nitrogen and oxygen atoms in total. The van der Waals surface area contributed by atoms with Crippen LogP contribution >= 0.6 is 24.2 Å². The Labute approximate surface area is 92.9 Å². The zero-order valence-corrected chi connectivity index (χ0v) is 9.06. The van der Waals surface area contributed by atoms with Gasteiger partial charge in [-0.3, -0.25) is 0 Å². The fourth-order valence-electron chi connectivity index (χ4n) is 0.854. The summed E-state index contributed by atoms with van der Waals surface area (Å²) in [7, 11) is 0. The van der Waals surface area contributed by atoms with E-state index in [-0.39, 0.29) is 5.02 Å². The third-order valence-electron chi connectivity index (χ3n) is 1.51. The lowest BCUT2D eigenvalue weighted by molar-refractivity contribution is 0.360. The van der Waals surface area contributed by atoms with Crippen LogP contribution in [0.25, 0.3) is 0 Å². The summed E-state index contributed by atoms with van der Waals surface area (Å²) >= 11 is 9.50. The molecular formula is C10H10ClFOS. The van der Waals surface area contributed by atoms with Gasteiger partial charge >= 0.3 is 0 Å². The predicted octanol–water partition coefficient (Wildman–Crippen LogP) is 3.34. The van der Waals surface area contributed by atoms with Gasteiger partial charge in [-0.15, -0.1) is 0 Å². The van der Waals surface area contributed by atoms with Crippen LogP contribution in [-0.2, 0) is 0 Å². The molecule has 0 aliphatic rings. The average Bonchev–Trinajstić information content (AvgIpc) is 2.18. The fraction of sp³-hybridized carbons (Fsp3) is 0.200. The van der Waals surface area contributed by atoms with E-state index in [1.807, 2.05) is 12.2 Å². The quantitative estimate of drug-likeness (QED) is 0.619. The number of benzene rings is 1. The van der Waals surface area contributed by atoms with Crippen molar-refractivity contribution in [2.45, 2.75) is 0 Å². The first-order chi connectivity index (χ1) is 6.74. The van der Waals surface area contributed by atoms with Gasteiger partial charge in [0.2, 0.25) is 0 Å². The van der Waals surface area contributed by atoms with Crippen molar-refractivity contribution in [3.8, 4) is 5.75 Å². The van der Waals surface area contributed by atoms with Crippen LogP contribution in [0.3, 0.4) is 0 Å². The molecule has 1 aromatic rings. The average molecular weight is 233 g/mol. The Morgan fingerprint density at radius 3 is 2.86 bits per heavy atom. The summed E-state index contributed by atoms with van der Waals surface area (Å²) in [4.78, 5) is 0. The van der Waals surface area contributed by atoms with Crippen LogP contribution in [0.4, 0.5) is 4.39 Å². The van der Waals surface area contributed by atoms with E-state index in [0.29, 0.717) is 18.1 Å². The molecule has 0 aliphatic carbocycles. The molecule has 0 unspecified atom stereocenters. The van der Waals surface area contributed by atoms with Gasteiger partial charge in [-0.2, -0.15) is 12.6 Å². The van der Waals surface area contributed by atoms with Gasteiger partial charge in [-0.1, -0.05) is 23.8 Å². The van der Waals surface area contributed by atoms with E-state index in [2.05, 4.69) is 12.6 Å². The number of ether oxygens (including phenoxy) is 1. The third-order valence-corrected chi connectivity index (χ3v) is 2.03. The second kappa shape index (κ2) is 5.94. The van der Waals surface area contributed by atoms with Crippen LogP contribution in [-0.4, -0.2) is 12.4 Å². The summed E-state index contributed by atoms with van der Waals surface area (Å²) < 4.78 is 18.1. The molecule has 0 radical (unpaired) electrons. The van der Waals surface area contributed by atoms with Crippen LogP contribution in [0.1, 0.15) is 0 Å². The lowest BCUT2D eigenvalue weighted by Crippen LogP contribution is -1.93. The Balaban J connectivity index is 2.51. The molecule has 0 N–H and O–H groups in total. The number of rotatable bonds is 4. The Bertz CT molecular complexity index is 328. The van der Waals surface area contributed by atoms with E-state index in [4.69, 9.17) is 16.3 Å². The maximum atomic E-state index is 12.9. The second-order valence-electron chi connectivity index (χ2n) is 2.54. The van der Waals surface area contributed by atoms with E-state index in [9.17, 15) is 4.39 Å². The van der Waals surface area contributed by atoms with Crippen molar-refractivity contribution >= 4 is 24.2 Å². The van der Waals surface area contributed by atoms with Gasteiger partial charge in [0, 0.05) is 11.8 Å². The molecular weight excluding hydrogens is 223 g/mol. The highest BCUT2D eigenvalue weighted by Gasteiger charge is 2.00. The molecule has 1 rings (SSSR count). The number of hydrogen-bond acceptors (Lipinski definition) is 2. The Kier molecular flexibility index (Phi) is 4.84. The highest BCUT2D eigenvalue weighted by atomic mass is 35.5. The molecule has 0 aliphatic heterocycles. The summed E-state index contributed by atoms with van der Waals surface area (Å²) in [6.45, 7) is 0.404. The van der Waals surface area contributed by atoms with Gasteiger partial charge < -0.3 is 4.74 Å². The molecule has 76 valence electrons. The van der Waals surface area contributed by atoms with E-state index in [1.165, 1.54) is 12.1 Å². The molecule has 0 atom stereocenters. The summed E-state index contributed by atoms with van der Waals surface area (Å²) in [5.41, 5.74) is 0. The smallest absolute Gasteiger partial charge is 0.145 e. The molecule has 0 saturated carbocycles. The Hall–Kier alpha value is -0.670. The third kappa shape index (κ3) is 3.60. The number of halogens is 2. The van der Waals surface area contributed by atoms with Gasteiger partial charge in [-0.25, -0.2) is 4.39 Å². The zero-order valence-electron chi connectivity index (χ0n) is 7.41. The highest BCUT2D eigenvalue weighted by Crippen LogP contribution is 2.20. The maximum Gasteiger partial charge on any atom is 0.145 e. The molecule has 0 bridgehead atoms. The fourth-order valence-corrected chi connectivity index (χ4v) is 1.12. The Morgan fingerprint density at radius 2 is 2.21 bits per heavy atom. The van der Waals surface area contributed by atoms with Crippen molar-refractivity contribution in [1.82, 2.24) is 0 Å². The topological polar surface area (TPSA) is 9.23 Å². The summed E-state index contributed by atoms with van der Waals surface area (Å²) in [6, 6.07) is 4.35. The van der Waals surface area contributed by atoms with Crippen LogP contribution in [0.2, 0.25) is 5.02 Å². The lowest BCUT2D eigenvalue weighted by Gasteiger charge is -2.03. The number of hydrogen-bond donors (Lipinski definition) is 1. The first-order valence-electron chi connectivity index (χ1n) is 4.07. The molecule has 0 aromatic heterocycles. The van der Waals surface area contributed by atoms with E-state index >= 15 is 0 Å². The molecule has 0 fully saturated rings.